The van der Waals surface area contributed by atoms with Crippen molar-refractivity contribution in [1.29, 1.82) is 0 Å². The quantitative estimate of drug-likeness (QED) is 0.283. The van der Waals surface area contributed by atoms with Crippen LogP contribution in [0.2, 0.25) is 0 Å². The highest BCUT2D eigenvalue weighted by Gasteiger charge is 2.76. The van der Waals surface area contributed by atoms with E-state index >= 15 is 0 Å². The van der Waals surface area contributed by atoms with E-state index in [2.05, 4.69) is 15.0 Å². The summed E-state index contributed by atoms with van der Waals surface area (Å²) in [7, 11) is 0. The van der Waals surface area contributed by atoms with Gasteiger partial charge in [0.15, 0.2) is 14.8 Å². The molecular weight excluding hydrogens is 428 g/mol. The van der Waals surface area contributed by atoms with Gasteiger partial charge < -0.3 is 9.47 Å². The molecule has 0 radical (unpaired) electrons. The minimum atomic E-state index is -4.10. The zero-order valence-corrected chi connectivity index (χ0v) is 16.6. The van der Waals surface area contributed by atoms with Gasteiger partial charge in [0.2, 0.25) is 0 Å². The predicted molar refractivity (Wildman–Crippen MR) is 105 cm³/mol. The second kappa shape index (κ2) is 8.55. The van der Waals surface area contributed by atoms with E-state index in [4.69, 9.17) is 9.47 Å². The fourth-order valence-corrected chi connectivity index (χ4v) is 2.45. The molecule has 1 aromatic heterocycles. The molecule has 3 rings (SSSR count). The maximum atomic E-state index is 11.5. The summed E-state index contributed by atoms with van der Waals surface area (Å²) in [5.41, 5.74) is 1.79. The average Bonchev–Trinajstić information content (AvgIpc) is 2.71. The first kappa shape index (κ1) is 21.9. The molecule has 0 unspecified atom stereocenters. The summed E-state index contributed by atoms with van der Waals surface area (Å²) in [6.07, 6.45) is 0. The maximum Gasteiger partial charge on any atom is 0.763 e. The lowest BCUT2D eigenvalue weighted by atomic mass is 10.2. The van der Waals surface area contributed by atoms with Gasteiger partial charge in [-0.3, -0.25) is 30.3 Å². The van der Waals surface area contributed by atoms with Crippen molar-refractivity contribution in [2.45, 2.75) is 19.6 Å². The Kier molecular flexibility index (Phi) is 5.86. The molecule has 32 heavy (non-hydrogen) atoms. The van der Waals surface area contributed by atoms with Gasteiger partial charge in [0.1, 0.15) is 11.5 Å². The van der Waals surface area contributed by atoms with Crippen LogP contribution in [0.25, 0.3) is 0 Å². The van der Waals surface area contributed by atoms with Crippen molar-refractivity contribution in [3.8, 4) is 23.5 Å². The van der Waals surface area contributed by atoms with Crippen LogP contribution >= 0.6 is 0 Å². The van der Waals surface area contributed by atoms with Crippen LogP contribution in [0, 0.1) is 44.2 Å². The summed E-state index contributed by atoms with van der Waals surface area (Å²) in [4.78, 5) is 40.0. The summed E-state index contributed by atoms with van der Waals surface area (Å²) in [6, 6.07) is 11.4. The molecule has 1 heterocycles. The van der Waals surface area contributed by atoms with Gasteiger partial charge in [0, 0.05) is 0 Å². The Morgan fingerprint density at radius 2 is 1.00 bits per heavy atom. The van der Waals surface area contributed by atoms with Crippen molar-refractivity contribution in [2.24, 2.45) is 0 Å². The fraction of sp³-hybridized carbons (Fsp3) is 0.167. The smallest absolute Gasteiger partial charge is 0.424 e. The Morgan fingerprint density at radius 1 is 0.656 bits per heavy atom. The fourth-order valence-electron chi connectivity index (χ4n) is 2.45. The monoisotopic (exact) mass is 442 g/mol. The number of ether oxygens (including phenoxy) is 2. The minimum absolute atomic E-state index is 0.169. The Labute approximate surface area is 178 Å². The van der Waals surface area contributed by atoms with E-state index in [1.54, 1.807) is 24.3 Å². The highest BCUT2D eigenvalue weighted by Crippen LogP contribution is 2.29. The first-order chi connectivity index (χ1) is 15.1. The van der Waals surface area contributed by atoms with Crippen LogP contribution < -0.4 is 9.47 Å². The molecule has 2 aromatic carbocycles. The minimum Gasteiger partial charge on any atom is -0.424 e. The van der Waals surface area contributed by atoms with Gasteiger partial charge in [-0.25, -0.2) is 0 Å². The second-order valence-electron chi connectivity index (χ2n) is 6.46. The third-order valence-corrected chi connectivity index (χ3v) is 4.12. The molecule has 14 heteroatoms. The third-order valence-electron chi connectivity index (χ3n) is 4.12. The first-order valence-electron chi connectivity index (χ1n) is 8.82. The van der Waals surface area contributed by atoms with Crippen LogP contribution in [-0.2, 0) is 5.79 Å². The highest BCUT2D eigenvalue weighted by atomic mass is 16.7. The van der Waals surface area contributed by atoms with E-state index in [-0.39, 0.29) is 11.5 Å². The van der Waals surface area contributed by atoms with Crippen molar-refractivity contribution in [3.05, 3.63) is 95.8 Å². The molecule has 0 spiro atoms. The molecule has 0 aliphatic heterocycles. The van der Waals surface area contributed by atoms with Gasteiger partial charge in [-0.2, -0.15) is 9.97 Å². The van der Waals surface area contributed by atoms with Gasteiger partial charge in [0.25, 0.3) is 0 Å². The van der Waals surface area contributed by atoms with Crippen molar-refractivity contribution in [2.75, 3.05) is 0 Å². The summed E-state index contributed by atoms with van der Waals surface area (Å²) >= 11 is 0. The van der Waals surface area contributed by atoms with Crippen LogP contribution in [0.15, 0.2) is 48.5 Å². The second-order valence-corrected chi connectivity index (χ2v) is 6.46. The summed E-state index contributed by atoms with van der Waals surface area (Å²) in [5.74, 6) is -5.15. The molecule has 0 aliphatic carbocycles. The number of nitro groups is 3. The summed E-state index contributed by atoms with van der Waals surface area (Å²) < 4.78 is 10.8. The molecule has 0 N–H and O–H groups in total. The molecule has 164 valence electrons. The molecule has 0 saturated carbocycles. The number of aromatic nitrogens is 3. The number of aryl methyl sites for hydroxylation is 2. The predicted octanol–water partition coefficient (Wildman–Crippen LogP) is 3.01. The van der Waals surface area contributed by atoms with Crippen molar-refractivity contribution < 1.29 is 24.2 Å². The van der Waals surface area contributed by atoms with Crippen LogP contribution in [-0.4, -0.2) is 29.7 Å². The van der Waals surface area contributed by atoms with Gasteiger partial charge >= 0.3 is 23.6 Å². The molecule has 0 bridgehead atoms. The summed E-state index contributed by atoms with van der Waals surface area (Å²) in [6.45, 7) is 3.63. The number of hydrogen-bond acceptors (Lipinski definition) is 11. The zero-order chi connectivity index (χ0) is 23.5. The zero-order valence-electron chi connectivity index (χ0n) is 16.6. The van der Waals surface area contributed by atoms with E-state index in [9.17, 15) is 30.3 Å². The molecule has 3 aromatic rings. The Morgan fingerprint density at radius 3 is 1.31 bits per heavy atom. The molecule has 0 fully saturated rings. The average molecular weight is 442 g/mol. The lowest BCUT2D eigenvalue weighted by Crippen LogP contribution is -2.51. The number of hydrogen-bond donors (Lipinski definition) is 0. The van der Waals surface area contributed by atoms with E-state index < -0.39 is 38.4 Å². The summed E-state index contributed by atoms with van der Waals surface area (Å²) in [5, 5.41) is 34.4. The van der Waals surface area contributed by atoms with E-state index in [1.165, 1.54) is 24.3 Å². The lowest BCUT2D eigenvalue weighted by Gasteiger charge is -2.11. The Balaban J connectivity index is 2.15. The lowest BCUT2D eigenvalue weighted by molar-refractivity contribution is -0.987. The van der Waals surface area contributed by atoms with Crippen LogP contribution in [0.1, 0.15) is 17.0 Å². The molecule has 0 saturated heterocycles. The van der Waals surface area contributed by atoms with Crippen molar-refractivity contribution in [3.63, 3.8) is 0 Å². The van der Waals surface area contributed by atoms with Crippen LogP contribution in [0.5, 0.6) is 23.5 Å². The van der Waals surface area contributed by atoms with Gasteiger partial charge in [-0.15, -0.1) is 4.98 Å². The standard InChI is InChI=1S/C18H14N6O8/c1-11-3-7-13(8-4-11)31-16-19-15(18(22(25)26,23(27)28)24(29)30)20-17(21-16)32-14-9-5-12(2)6-10-14/h3-10H,1-2H3. The Hall–Kier alpha value is -4.75. The van der Waals surface area contributed by atoms with Gasteiger partial charge in [-0.05, 0) is 38.1 Å². The van der Waals surface area contributed by atoms with Gasteiger partial charge in [0.05, 0.1) is 0 Å². The highest BCUT2D eigenvalue weighted by molar-refractivity contribution is 5.30. The number of rotatable bonds is 8. The SMILES string of the molecule is Cc1ccc(Oc2nc(Oc3ccc(C)cc3)nc(C([N+](=O)[O-])([N+](=O)[O-])[N+](=O)[O-])n2)cc1. The molecular formula is C18H14N6O8. The molecule has 14 nitrogen and oxygen atoms in total. The molecule has 0 amide bonds. The molecule has 0 atom stereocenters. The molecule has 0 aliphatic rings. The van der Waals surface area contributed by atoms with E-state index in [0.717, 1.165) is 11.1 Å². The first-order valence-corrected chi connectivity index (χ1v) is 8.82. The van der Waals surface area contributed by atoms with Crippen molar-refractivity contribution >= 4 is 0 Å². The van der Waals surface area contributed by atoms with E-state index in [1.807, 2.05) is 13.8 Å². The van der Waals surface area contributed by atoms with Gasteiger partial charge in [-0.1, -0.05) is 35.4 Å². The maximum absolute atomic E-state index is 11.5. The van der Waals surface area contributed by atoms with Crippen LogP contribution in [0.3, 0.4) is 0 Å². The number of benzene rings is 2. The van der Waals surface area contributed by atoms with Crippen LogP contribution in [0.4, 0.5) is 0 Å². The largest absolute Gasteiger partial charge is 0.763 e. The third kappa shape index (κ3) is 4.23. The topological polar surface area (TPSA) is 187 Å². The normalized spacial score (nSPS) is 10.9. The Bertz CT molecular complexity index is 1080. The van der Waals surface area contributed by atoms with E-state index in [0.29, 0.717) is 0 Å². The number of nitrogens with zero attached hydrogens (tertiary/aromatic N) is 6. The van der Waals surface area contributed by atoms with Crippen molar-refractivity contribution in [1.82, 2.24) is 15.0 Å².